The minimum Gasteiger partial charge on any atom is -0.382 e. The van der Waals surface area contributed by atoms with Gasteiger partial charge in [-0.15, -0.1) is 0 Å². The van der Waals surface area contributed by atoms with Crippen molar-refractivity contribution in [2.45, 2.75) is 0 Å². The van der Waals surface area contributed by atoms with Crippen LogP contribution in [0.25, 0.3) is 6.08 Å². The molecule has 0 aliphatic carbocycles. The number of amidine groups is 1. The summed E-state index contributed by atoms with van der Waals surface area (Å²) in [5.74, 6) is -0.0857. The third-order valence-corrected chi connectivity index (χ3v) is 2.23. The van der Waals surface area contributed by atoms with Crippen LogP contribution >= 0.6 is 11.6 Å². The van der Waals surface area contributed by atoms with E-state index in [-0.39, 0.29) is 11.7 Å². The molecule has 1 aromatic rings. The van der Waals surface area contributed by atoms with Gasteiger partial charge in [-0.1, -0.05) is 23.7 Å². The lowest BCUT2D eigenvalue weighted by atomic mass is 10.1. The summed E-state index contributed by atoms with van der Waals surface area (Å²) in [5.41, 5.74) is 9.02. The average molecular weight is 222 g/mol. The molecule has 0 saturated heterocycles. The van der Waals surface area contributed by atoms with Crippen LogP contribution in [-0.2, 0) is 4.79 Å². The molecule has 0 unspecified atom stereocenters. The molecule has 1 heterocycles. The smallest absolute Gasteiger partial charge is 0.275 e. The fourth-order valence-electron chi connectivity index (χ4n) is 1.21. The van der Waals surface area contributed by atoms with Gasteiger partial charge in [-0.2, -0.15) is 5.10 Å². The molecular formula is C10H8ClN3O. The number of nitrogens with one attached hydrogen (secondary N) is 1. The largest absolute Gasteiger partial charge is 0.382 e. The van der Waals surface area contributed by atoms with E-state index in [0.717, 1.165) is 5.56 Å². The summed E-state index contributed by atoms with van der Waals surface area (Å²) < 4.78 is 0. The molecule has 76 valence electrons. The molecule has 0 saturated carbocycles. The van der Waals surface area contributed by atoms with Gasteiger partial charge in [-0.3, -0.25) is 4.79 Å². The quantitative estimate of drug-likeness (QED) is 0.698. The Morgan fingerprint density at radius 1 is 1.33 bits per heavy atom. The van der Waals surface area contributed by atoms with Crippen molar-refractivity contribution in [3.8, 4) is 0 Å². The number of benzene rings is 1. The summed E-state index contributed by atoms with van der Waals surface area (Å²) >= 11 is 5.74. The second-order valence-corrected chi connectivity index (χ2v) is 3.48. The van der Waals surface area contributed by atoms with Crippen molar-refractivity contribution in [1.29, 1.82) is 0 Å². The lowest BCUT2D eigenvalue weighted by molar-refractivity contribution is -0.116. The highest BCUT2D eigenvalue weighted by molar-refractivity contribution is 6.30. The van der Waals surface area contributed by atoms with Crippen LogP contribution in [-0.4, -0.2) is 11.7 Å². The first-order chi connectivity index (χ1) is 7.16. The van der Waals surface area contributed by atoms with E-state index in [9.17, 15) is 4.79 Å². The van der Waals surface area contributed by atoms with Crippen molar-refractivity contribution in [3.05, 3.63) is 40.4 Å². The maximum absolute atomic E-state index is 11.3. The highest BCUT2D eigenvalue weighted by Crippen LogP contribution is 2.13. The summed E-state index contributed by atoms with van der Waals surface area (Å²) in [4.78, 5) is 11.3. The van der Waals surface area contributed by atoms with E-state index < -0.39 is 0 Å². The molecule has 5 heteroatoms. The number of nitrogens with two attached hydrogens (primary N) is 1. The van der Waals surface area contributed by atoms with Gasteiger partial charge in [-0.25, -0.2) is 5.43 Å². The van der Waals surface area contributed by atoms with E-state index in [1.165, 1.54) is 0 Å². The zero-order valence-corrected chi connectivity index (χ0v) is 8.45. The molecule has 0 radical (unpaired) electrons. The lowest BCUT2D eigenvalue weighted by Crippen LogP contribution is -2.16. The first kappa shape index (κ1) is 9.73. The molecule has 1 aromatic carbocycles. The van der Waals surface area contributed by atoms with Gasteiger partial charge in [0.15, 0.2) is 5.84 Å². The van der Waals surface area contributed by atoms with E-state index >= 15 is 0 Å². The maximum Gasteiger partial charge on any atom is 0.275 e. The lowest BCUT2D eigenvalue weighted by Gasteiger charge is -1.96. The van der Waals surface area contributed by atoms with Crippen molar-refractivity contribution < 1.29 is 4.79 Å². The Balaban J connectivity index is 2.34. The molecule has 0 fully saturated rings. The summed E-state index contributed by atoms with van der Waals surface area (Å²) in [5, 5.41) is 4.26. The first-order valence-electron chi connectivity index (χ1n) is 4.28. The summed E-state index contributed by atoms with van der Waals surface area (Å²) in [6, 6.07) is 7.09. The number of amides is 1. The zero-order chi connectivity index (χ0) is 10.8. The molecule has 0 atom stereocenters. The Labute approximate surface area is 91.4 Å². The SMILES string of the molecule is NC1=NNC(=O)/C1=C/c1ccc(Cl)cc1. The Hall–Kier alpha value is -1.81. The maximum atomic E-state index is 11.3. The predicted molar refractivity (Wildman–Crippen MR) is 59.2 cm³/mol. The van der Waals surface area contributed by atoms with Gasteiger partial charge in [0.05, 0.1) is 5.57 Å². The fraction of sp³-hybridized carbons (Fsp3) is 0. The highest BCUT2D eigenvalue weighted by Gasteiger charge is 2.19. The number of hydrazone groups is 1. The van der Waals surface area contributed by atoms with Gasteiger partial charge in [0.25, 0.3) is 5.91 Å². The van der Waals surface area contributed by atoms with Crippen LogP contribution in [0.5, 0.6) is 0 Å². The average Bonchev–Trinajstić information content (AvgIpc) is 2.53. The van der Waals surface area contributed by atoms with E-state index in [1.54, 1.807) is 30.3 Å². The number of nitrogens with zero attached hydrogens (tertiary/aromatic N) is 1. The van der Waals surface area contributed by atoms with Crippen molar-refractivity contribution in [3.63, 3.8) is 0 Å². The minimum atomic E-state index is -0.289. The highest BCUT2D eigenvalue weighted by atomic mass is 35.5. The molecule has 1 aliphatic rings. The normalized spacial score (nSPS) is 17.8. The van der Waals surface area contributed by atoms with E-state index in [4.69, 9.17) is 17.3 Å². The fourth-order valence-corrected chi connectivity index (χ4v) is 1.34. The topological polar surface area (TPSA) is 67.5 Å². The van der Waals surface area contributed by atoms with Crippen molar-refractivity contribution >= 4 is 29.4 Å². The van der Waals surface area contributed by atoms with E-state index in [2.05, 4.69) is 10.5 Å². The van der Waals surface area contributed by atoms with Gasteiger partial charge in [0.2, 0.25) is 0 Å². The molecule has 1 amide bonds. The summed E-state index contributed by atoms with van der Waals surface area (Å²) in [7, 11) is 0. The molecule has 1 aliphatic heterocycles. The molecule has 0 spiro atoms. The summed E-state index contributed by atoms with van der Waals surface area (Å²) in [6.07, 6.45) is 1.66. The molecule has 3 N–H and O–H groups in total. The second-order valence-electron chi connectivity index (χ2n) is 3.05. The monoisotopic (exact) mass is 221 g/mol. The number of carbonyl (C=O) groups excluding carboxylic acids is 1. The third-order valence-electron chi connectivity index (χ3n) is 1.98. The van der Waals surface area contributed by atoms with Crippen molar-refractivity contribution in [2.75, 3.05) is 0 Å². The number of hydrogen-bond acceptors (Lipinski definition) is 3. The number of halogens is 1. The predicted octanol–water partition coefficient (Wildman–Crippen LogP) is 1.13. The van der Waals surface area contributed by atoms with Crippen LogP contribution in [0.15, 0.2) is 34.9 Å². The zero-order valence-electron chi connectivity index (χ0n) is 7.70. The Morgan fingerprint density at radius 3 is 2.53 bits per heavy atom. The van der Waals surface area contributed by atoms with Crippen LogP contribution < -0.4 is 11.2 Å². The number of carbonyl (C=O) groups is 1. The molecule has 0 bridgehead atoms. The minimum absolute atomic E-state index is 0.204. The summed E-state index contributed by atoms with van der Waals surface area (Å²) in [6.45, 7) is 0. The molecule has 4 nitrogen and oxygen atoms in total. The number of hydrogen-bond donors (Lipinski definition) is 2. The third kappa shape index (κ3) is 1.99. The van der Waals surface area contributed by atoms with Gasteiger partial charge in [0, 0.05) is 5.02 Å². The second kappa shape index (κ2) is 3.74. The van der Waals surface area contributed by atoms with Crippen LogP contribution in [0.2, 0.25) is 5.02 Å². The van der Waals surface area contributed by atoms with Gasteiger partial charge in [-0.05, 0) is 23.8 Å². The van der Waals surface area contributed by atoms with Crippen LogP contribution in [0.4, 0.5) is 0 Å². The van der Waals surface area contributed by atoms with Crippen LogP contribution in [0.1, 0.15) is 5.56 Å². The van der Waals surface area contributed by atoms with Crippen LogP contribution in [0.3, 0.4) is 0 Å². The van der Waals surface area contributed by atoms with Gasteiger partial charge in [0.1, 0.15) is 0 Å². The first-order valence-corrected chi connectivity index (χ1v) is 4.66. The molecular weight excluding hydrogens is 214 g/mol. The standard InChI is InChI=1S/C10H8ClN3O/c11-7-3-1-6(2-4-7)5-8-9(12)13-14-10(8)15/h1-5H,(H2,12,13)(H,14,15)/b8-5+. The Bertz CT molecular complexity index is 462. The van der Waals surface area contributed by atoms with Crippen molar-refractivity contribution in [2.24, 2.45) is 10.8 Å². The number of rotatable bonds is 1. The van der Waals surface area contributed by atoms with Crippen LogP contribution in [0, 0.1) is 0 Å². The van der Waals surface area contributed by atoms with E-state index in [1.807, 2.05) is 0 Å². The molecule has 15 heavy (non-hydrogen) atoms. The van der Waals surface area contributed by atoms with E-state index in [0.29, 0.717) is 10.6 Å². The Morgan fingerprint density at radius 2 is 2.00 bits per heavy atom. The van der Waals surface area contributed by atoms with Gasteiger partial charge >= 0.3 is 0 Å². The Kier molecular flexibility index (Phi) is 2.43. The molecule has 0 aromatic heterocycles. The van der Waals surface area contributed by atoms with Gasteiger partial charge < -0.3 is 5.73 Å². The molecule has 2 rings (SSSR count). The van der Waals surface area contributed by atoms with Crippen molar-refractivity contribution in [1.82, 2.24) is 5.43 Å².